The van der Waals surface area contributed by atoms with Crippen LogP contribution in [-0.4, -0.2) is 21.0 Å². The van der Waals surface area contributed by atoms with Crippen molar-refractivity contribution >= 4 is 16.9 Å². The van der Waals surface area contributed by atoms with Crippen LogP contribution in [0.4, 0.5) is 0 Å². The monoisotopic (exact) mass is 252 g/mol. The fourth-order valence-electron chi connectivity index (χ4n) is 1.82. The van der Waals surface area contributed by atoms with Gasteiger partial charge < -0.3 is 0 Å². The minimum absolute atomic E-state index is 0.212. The SMILES string of the molecule is Cc1ccc(C(=O)Nn2nnc3ccccc32)cc1. The van der Waals surface area contributed by atoms with Crippen molar-refractivity contribution in [3.8, 4) is 0 Å². The molecule has 0 saturated heterocycles. The van der Waals surface area contributed by atoms with Crippen LogP contribution in [0.2, 0.25) is 0 Å². The van der Waals surface area contributed by atoms with Gasteiger partial charge in [-0.2, -0.15) is 4.79 Å². The molecule has 0 radical (unpaired) electrons. The van der Waals surface area contributed by atoms with Crippen molar-refractivity contribution in [2.24, 2.45) is 0 Å². The molecule has 1 N–H and O–H groups in total. The summed E-state index contributed by atoms with van der Waals surface area (Å²) in [6.45, 7) is 1.98. The summed E-state index contributed by atoms with van der Waals surface area (Å²) in [4.78, 5) is 13.5. The topological polar surface area (TPSA) is 59.8 Å². The Morgan fingerprint density at radius 2 is 1.84 bits per heavy atom. The normalized spacial score (nSPS) is 10.6. The molecule has 0 spiro atoms. The first kappa shape index (κ1) is 11.4. The van der Waals surface area contributed by atoms with Gasteiger partial charge >= 0.3 is 0 Å². The van der Waals surface area contributed by atoms with Crippen molar-refractivity contribution in [1.29, 1.82) is 0 Å². The lowest BCUT2D eigenvalue weighted by atomic mass is 10.1. The van der Waals surface area contributed by atoms with Crippen LogP contribution < -0.4 is 5.43 Å². The number of hydrogen-bond donors (Lipinski definition) is 1. The van der Waals surface area contributed by atoms with Crippen LogP contribution in [-0.2, 0) is 0 Å². The molecule has 1 amide bonds. The fraction of sp³-hybridized carbons (Fsp3) is 0.0714. The van der Waals surface area contributed by atoms with E-state index in [2.05, 4.69) is 15.7 Å². The van der Waals surface area contributed by atoms with Crippen molar-refractivity contribution in [3.05, 3.63) is 59.7 Å². The number of benzene rings is 2. The third-order valence-electron chi connectivity index (χ3n) is 2.87. The predicted molar refractivity (Wildman–Crippen MR) is 72.4 cm³/mol. The molecule has 0 aliphatic carbocycles. The van der Waals surface area contributed by atoms with E-state index in [1.54, 1.807) is 12.1 Å². The third kappa shape index (κ3) is 2.18. The van der Waals surface area contributed by atoms with Gasteiger partial charge in [-0.1, -0.05) is 29.8 Å². The summed E-state index contributed by atoms with van der Waals surface area (Å²) in [6, 6.07) is 14.8. The van der Waals surface area contributed by atoms with E-state index in [0.717, 1.165) is 16.6 Å². The number of hydrogen-bond acceptors (Lipinski definition) is 3. The van der Waals surface area contributed by atoms with Crippen molar-refractivity contribution < 1.29 is 4.79 Å². The van der Waals surface area contributed by atoms with Gasteiger partial charge in [0.05, 0.1) is 0 Å². The van der Waals surface area contributed by atoms with Gasteiger partial charge in [0, 0.05) is 5.56 Å². The second-order valence-electron chi connectivity index (χ2n) is 4.30. The Labute approximate surface area is 109 Å². The van der Waals surface area contributed by atoms with E-state index in [1.165, 1.54) is 4.79 Å². The van der Waals surface area contributed by atoms with Crippen LogP contribution in [0, 0.1) is 6.92 Å². The number of nitrogens with zero attached hydrogens (tertiary/aromatic N) is 3. The Morgan fingerprint density at radius 1 is 1.11 bits per heavy atom. The Balaban J connectivity index is 1.89. The molecule has 19 heavy (non-hydrogen) atoms. The summed E-state index contributed by atoms with van der Waals surface area (Å²) in [7, 11) is 0. The zero-order valence-corrected chi connectivity index (χ0v) is 10.4. The largest absolute Gasteiger partial charge is 0.271 e. The molecule has 2 aromatic carbocycles. The van der Waals surface area contributed by atoms with Gasteiger partial charge in [-0.25, -0.2) is 5.43 Å². The number of carbonyl (C=O) groups excluding carboxylic acids is 1. The number of aromatic nitrogens is 3. The van der Waals surface area contributed by atoms with Crippen molar-refractivity contribution in [3.63, 3.8) is 0 Å². The highest BCUT2D eigenvalue weighted by atomic mass is 16.2. The molecule has 5 nitrogen and oxygen atoms in total. The van der Waals surface area contributed by atoms with E-state index in [9.17, 15) is 4.79 Å². The number of carbonyl (C=O) groups is 1. The average molecular weight is 252 g/mol. The molecule has 5 heteroatoms. The summed E-state index contributed by atoms with van der Waals surface area (Å²) in [6.07, 6.45) is 0. The zero-order chi connectivity index (χ0) is 13.2. The number of rotatable bonds is 2. The second-order valence-corrected chi connectivity index (χ2v) is 4.30. The molecule has 1 heterocycles. The third-order valence-corrected chi connectivity index (χ3v) is 2.87. The Kier molecular flexibility index (Phi) is 2.72. The first-order chi connectivity index (χ1) is 9.24. The molecule has 0 saturated carbocycles. The highest BCUT2D eigenvalue weighted by Crippen LogP contribution is 2.09. The predicted octanol–water partition coefficient (Wildman–Crippen LogP) is 2.12. The lowest BCUT2D eigenvalue weighted by Gasteiger charge is -2.05. The molecule has 94 valence electrons. The van der Waals surface area contributed by atoms with Crippen LogP contribution in [0.5, 0.6) is 0 Å². The van der Waals surface area contributed by atoms with Gasteiger partial charge in [-0.3, -0.25) is 4.79 Å². The van der Waals surface area contributed by atoms with Crippen molar-refractivity contribution in [2.45, 2.75) is 6.92 Å². The Hall–Kier alpha value is -2.69. The minimum Gasteiger partial charge on any atom is -0.267 e. The summed E-state index contributed by atoms with van der Waals surface area (Å²) in [5.41, 5.74) is 5.92. The average Bonchev–Trinajstić information content (AvgIpc) is 2.83. The summed E-state index contributed by atoms with van der Waals surface area (Å²) in [5.74, 6) is -0.212. The number of aryl methyl sites for hydroxylation is 1. The summed E-state index contributed by atoms with van der Waals surface area (Å²) < 4.78 is 0. The van der Waals surface area contributed by atoms with Crippen LogP contribution in [0.25, 0.3) is 11.0 Å². The lowest BCUT2D eigenvalue weighted by molar-refractivity contribution is 0.101. The molecule has 0 atom stereocenters. The molecule has 0 aliphatic rings. The van der Waals surface area contributed by atoms with Gasteiger partial charge in [0.25, 0.3) is 5.91 Å². The van der Waals surface area contributed by atoms with E-state index < -0.39 is 0 Å². The quantitative estimate of drug-likeness (QED) is 0.760. The van der Waals surface area contributed by atoms with Crippen LogP contribution in [0.15, 0.2) is 48.5 Å². The molecular formula is C14H12N4O. The molecule has 3 rings (SSSR count). The molecule has 0 fully saturated rings. The molecule has 0 aliphatic heterocycles. The smallest absolute Gasteiger partial charge is 0.267 e. The summed E-state index contributed by atoms with van der Waals surface area (Å²) >= 11 is 0. The highest BCUT2D eigenvalue weighted by molar-refractivity contribution is 6.00. The minimum atomic E-state index is -0.212. The van der Waals surface area contributed by atoms with Gasteiger partial charge in [0.1, 0.15) is 11.0 Å². The van der Waals surface area contributed by atoms with Gasteiger partial charge in [-0.05, 0) is 36.4 Å². The standard InChI is InChI=1S/C14H12N4O/c1-10-6-8-11(9-7-10)14(19)16-18-13-5-3-2-4-12(13)15-17-18/h2-9H,1H3,(H,16,19). The van der Waals surface area contributed by atoms with Crippen molar-refractivity contribution in [1.82, 2.24) is 15.1 Å². The van der Waals surface area contributed by atoms with Gasteiger partial charge in [0.2, 0.25) is 0 Å². The van der Waals surface area contributed by atoms with E-state index >= 15 is 0 Å². The maximum atomic E-state index is 12.1. The van der Waals surface area contributed by atoms with E-state index in [1.807, 2.05) is 43.3 Å². The molecule has 3 aromatic rings. The van der Waals surface area contributed by atoms with Gasteiger partial charge in [0.15, 0.2) is 0 Å². The maximum absolute atomic E-state index is 12.1. The maximum Gasteiger partial charge on any atom is 0.271 e. The van der Waals surface area contributed by atoms with Crippen LogP contribution in [0.1, 0.15) is 15.9 Å². The Morgan fingerprint density at radius 3 is 2.63 bits per heavy atom. The molecular weight excluding hydrogens is 240 g/mol. The van der Waals surface area contributed by atoms with Gasteiger partial charge in [-0.15, -0.1) is 5.10 Å². The highest BCUT2D eigenvalue weighted by Gasteiger charge is 2.08. The van der Waals surface area contributed by atoms with Crippen molar-refractivity contribution in [2.75, 3.05) is 5.43 Å². The number of nitrogens with one attached hydrogen (secondary N) is 1. The zero-order valence-electron chi connectivity index (χ0n) is 10.4. The fourth-order valence-corrected chi connectivity index (χ4v) is 1.82. The molecule has 0 bridgehead atoms. The van der Waals surface area contributed by atoms with E-state index in [4.69, 9.17) is 0 Å². The molecule has 0 unspecified atom stereocenters. The number of fused-ring (bicyclic) bond motifs is 1. The van der Waals surface area contributed by atoms with Crippen LogP contribution in [0.3, 0.4) is 0 Å². The lowest BCUT2D eigenvalue weighted by Crippen LogP contribution is -2.23. The summed E-state index contributed by atoms with van der Waals surface area (Å²) in [5, 5.41) is 7.89. The number of amides is 1. The number of para-hydroxylation sites is 1. The van der Waals surface area contributed by atoms with Crippen LogP contribution >= 0.6 is 0 Å². The second kappa shape index (κ2) is 4.53. The first-order valence-electron chi connectivity index (χ1n) is 5.92. The molecule has 1 aromatic heterocycles. The Bertz CT molecular complexity index is 731. The first-order valence-corrected chi connectivity index (χ1v) is 5.92. The van der Waals surface area contributed by atoms with E-state index in [-0.39, 0.29) is 5.91 Å². The van der Waals surface area contributed by atoms with E-state index in [0.29, 0.717) is 5.56 Å².